The number of alkyl halides is 7. The van der Waals surface area contributed by atoms with Crippen molar-refractivity contribution in [2.75, 3.05) is 18.4 Å². The Hall–Kier alpha value is -3.43. The molecular weight excluding hydrogens is 652 g/mol. The fraction of sp³-hybridized carbons (Fsp3) is 0.533. The lowest BCUT2D eigenvalue weighted by Gasteiger charge is -2.52. The second kappa shape index (κ2) is 10.0. The van der Waals surface area contributed by atoms with Crippen molar-refractivity contribution in [2.24, 2.45) is 10.8 Å². The maximum atomic E-state index is 15.0. The van der Waals surface area contributed by atoms with Crippen LogP contribution in [0.15, 0.2) is 47.4 Å². The van der Waals surface area contributed by atoms with Crippen LogP contribution >= 0.6 is 0 Å². The summed E-state index contributed by atoms with van der Waals surface area (Å²) in [5.74, 6) is -2.12. The molecule has 2 bridgehead atoms. The largest absolute Gasteiger partial charge is 0.481 e. The number of rotatable bonds is 5. The molecule has 46 heavy (non-hydrogen) atoms. The summed E-state index contributed by atoms with van der Waals surface area (Å²) in [6.07, 6.45) is -11.6. The van der Waals surface area contributed by atoms with Crippen molar-refractivity contribution in [3.63, 3.8) is 0 Å². The lowest BCUT2D eigenvalue weighted by atomic mass is 9.53. The molecule has 2 aromatic carbocycles. The number of carbonyl (C=O) groups excluding carboxylic acids is 1. The molecule has 1 amide bonds. The molecule has 16 heteroatoms. The van der Waals surface area contributed by atoms with Crippen molar-refractivity contribution in [1.29, 1.82) is 0 Å². The number of halogens is 8. The second-order valence-corrected chi connectivity index (χ2v) is 15.0. The number of hydrogen-bond donors (Lipinski definition) is 2. The van der Waals surface area contributed by atoms with E-state index in [9.17, 15) is 53.8 Å². The van der Waals surface area contributed by atoms with Crippen LogP contribution in [0.25, 0.3) is 0 Å². The Balaban J connectivity index is 1.47. The van der Waals surface area contributed by atoms with Gasteiger partial charge in [-0.25, -0.2) is 17.2 Å². The zero-order valence-corrected chi connectivity index (χ0v) is 24.8. The van der Waals surface area contributed by atoms with E-state index in [0.29, 0.717) is 12.1 Å². The summed E-state index contributed by atoms with van der Waals surface area (Å²) in [5, 5.41) is 12.4. The van der Waals surface area contributed by atoms with Crippen molar-refractivity contribution in [3.8, 4) is 0 Å². The van der Waals surface area contributed by atoms with Crippen molar-refractivity contribution >= 4 is 27.4 Å². The smallest absolute Gasteiger partial charge is 0.435 e. The van der Waals surface area contributed by atoms with E-state index < -0.39 is 89.9 Å². The van der Waals surface area contributed by atoms with Crippen LogP contribution in [0.2, 0.25) is 0 Å². The lowest BCUT2D eigenvalue weighted by molar-refractivity contribution is -0.348. The number of fused-ring (bicyclic) bond motifs is 6. The fourth-order valence-electron chi connectivity index (χ4n) is 8.08. The molecule has 3 saturated carbocycles. The SMILES string of the molecule is O=C(O)C12CCC(C(=O)N3CCC4(S(=O)(=O)c5ccc(F)cc5)c5ccc(C(F)(C(F)(F)F)C(F)(F)F)cc5NCC34)(CC1)CC2. The van der Waals surface area contributed by atoms with Crippen LogP contribution in [0.4, 0.5) is 40.8 Å². The monoisotopic (exact) mass is 680 g/mol. The maximum absolute atomic E-state index is 15.0. The van der Waals surface area contributed by atoms with E-state index in [4.69, 9.17) is 0 Å². The summed E-state index contributed by atoms with van der Waals surface area (Å²) in [4.78, 5) is 27.2. The molecular formula is C30H28F8N2O5S. The van der Waals surface area contributed by atoms with E-state index in [2.05, 4.69) is 5.32 Å². The summed E-state index contributed by atoms with van der Waals surface area (Å²) in [5.41, 5.74) is -10.2. The molecule has 3 aliphatic carbocycles. The Bertz CT molecular complexity index is 1670. The number of likely N-dealkylation sites (tertiary alicyclic amines) is 1. The molecule has 0 spiro atoms. The zero-order valence-electron chi connectivity index (χ0n) is 23.9. The van der Waals surface area contributed by atoms with Gasteiger partial charge in [-0.1, -0.05) is 12.1 Å². The molecule has 4 fully saturated rings. The van der Waals surface area contributed by atoms with E-state index in [1.807, 2.05) is 0 Å². The van der Waals surface area contributed by atoms with Gasteiger partial charge >= 0.3 is 24.0 Å². The third kappa shape index (κ3) is 4.23. The fourth-order valence-corrected chi connectivity index (χ4v) is 10.4. The molecule has 250 valence electrons. The number of benzene rings is 2. The number of hydrogen-bond acceptors (Lipinski definition) is 5. The minimum Gasteiger partial charge on any atom is -0.481 e. The van der Waals surface area contributed by atoms with Gasteiger partial charge in [-0.3, -0.25) is 9.59 Å². The number of anilines is 1. The van der Waals surface area contributed by atoms with Crippen LogP contribution in [0.1, 0.15) is 56.1 Å². The van der Waals surface area contributed by atoms with E-state index in [1.165, 1.54) is 4.90 Å². The van der Waals surface area contributed by atoms with Crippen LogP contribution < -0.4 is 5.32 Å². The Labute approximate surface area is 257 Å². The summed E-state index contributed by atoms with van der Waals surface area (Å²) in [6, 6.07) is 3.76. The standard InChI is InChI=1S/C30H28F8N2O5S/c31-18-2-4-19(5-3-18)46(44,45)27-13-14-40(23(41)25-7-10-26(11-8-25,12-9-25)24(42)43)22(27)16-39-21-15-17(1-6-20(21)27)28(32,29(33,34)35)30(36,37)38/h1-6,15,22,39H,7-14,16H2,(H,42,43). The molecule has 2 aromatic rings. The van der Waals surface area contributed by atoms with Gasteiger partial charge in [0, 0.05) is 29.8 Å². The molecule has 0 radical (unpaired) electrons. The van der Waals surface area contributed by atoms with Crippen molar-refractivity contribution in [1.82, 2.24) is 4.90 Å². The molecule has 2 aliphatic heterocycles. The minimum absolute atomic E-state index is 0.156. The van der Waals surface area contributed by atoms with E-state index in [0.717, 1.165) is 24.3 Å². The predicted molar refractivity (Wildman–Crippen MR) is 145 cm³/mol. The number of aliphatic carboxylic acids is 1. The Morgan fingerprint density at radius 1 is 0.826 bits per heavy atom. The lowest BCUT2D eigenvalue weighted by Crippen LogP contribution is -2.59. The zero-order chi connectivity index (χ0) is 33.7. The topological polar surface area (TPSA) is 104 Å². The van der Waals surface area contributed by atoms with E-state index in [1.54, 1.807) is 0 Å². The first kappa shape index (κ1) is 32.5. The van der Waals surface area contributed by atoms with Crippen LogP contribution in [-0.4, -0.2) is 61.8 Å². The van der Waals surface area contributed by atoms with E-state index >= 15 is 4.39 Å². The van der Waals surface area contributed by atoms with Gasteiger partial charge in [-0.05, 0) is 80.8 Å². The summed E-state index contributed by atoms with van der Waals surface area (Å²) in [7, 11) is -4.65. The summed E-state index contributed by atoms with van der Waals surface area (Å²) >= 11 is 0. The molecule has 0 aromatic heterocycles. The first-order valence-corrected chi connectivity index (χ1v) is 16.0. The van der Waals surface area contributed by atoms with Crippen LogP contribution in [0.5, 0.6) is 0 Å². The van der Waals surface area contributed by atoms with Gasteiger partial charge in [0.2, 0.25) is 5.91 Å². The van der Waals surface area contributed by atoms with Crippen LogP contribution in [0.3, 0.4) is 0 Å². The van der Waals surface area contributed by atoms with Crippen molar-refractivity contribution in [3.05, 3.63) is 59.4 Å². The molecule has 7 rings (SSSR count). The Kier molecular flexibility index (Phi) is 7.09. The van der Waals surface area contributed by atoms with Gasteiger partial charge in [0.05, 0.1) is 16.4 Å². The molecule has 2 heterocycles. The number of amides is 1. The molecule has 2 unspecified atom stereocenters. The number of carboxylic acids is 1. The van der Waals surface area contributed by atoms with Gasteiger partial charge < -0.3 is 15.3 Å². The number of carbonyl (C=O) groups is 2. The molecule has 2 N–H and O–H groups in total. The predicted octanol–water partition coefficient (Wildman–Crippen LogP) is 6.24. The number of nitrogens with zero attached hydrogens (tertiary/aromatic N) is 1. The Morgan fingerprint density at radius 2 is 1.37 bits per heavy atom. The normalized spacial score (nSPS) is 29.6. The van der Waals surface area contributed by atoms with Gasteiger partial charge in [0.1, 0.15) is 10.6 Å². The first-order chi connectivity index (χ1) is 21.3. The maximum Gasteiger partial charge on any atom is 0.435 e. The molecule has 5 aliphatic rings. The minimum atomic E-state index is -6.40. The van der Waals surface area contributed by atoms with Crippen molar-refractivity contribution < 1.29 is 58.2 Å². The third-order valence-corrected chi connectivity index (χ3v) is 13.3. The summed E-state index contributed by atoms with van der Waals surface area (Å²) in [6.45, 7) is -0.578. The van der Waals surface area contributed by atoms with Gasteiger partial charge in [-0.15, -0.1) is 0 Å². The van der Waals surface area contributed by atoms with Crippen molar-refractivity contribution in [2.45, 2.75) is 78.7 Å². The Morgan fingerprint density at radius 3 is 1.89 bits per heavy atom. The number of nitrogens with one attached hydrogen (secondary N) is 1. The molecule has 7 nitrogen and oxygen atoms in total. The average Bonchev–Trinajstić information content (AvgIpc) is 3.41. The van der Waals surface area contributed by atoms with E-state index in [-0.39, 0.29) is 63.1 Å². The van der Waals surface area contributed by atoms with Crippen LogP contribution in [-0.2, 0) is 29.8 Å². The van der Waals surface area contributed by atoms with Gasteiger partial charge in [-0.2, -0.15) is 26.3 Å². The summed E-state index contributed by atoms with van der Waals surface area (Å²) < 4.78 is 137. The second-order valence-electron chi connectivity index (χ2n) is 12.8. The molecule has 2 atom stereocenters. The number of carboxylic acid groups (broad SMARTS) is 1. The van der Waals surface area contributed by atoms with Crippen LogP contribution in [0, 0.1) is 16.6 Å². The highest BCUT2D eigenvalue weighted by Crippen LogP contribution is 2.60. The highest BCUT2D eigenvalue weighted by atomic mass is 32.2. The molecule has 1 saturated heterocycles. The van der Waals surface area contributed by atoms with Gasteiger partial charge in [0.25, 0.3) is 0 Å². The highest BCUT2D eigenvalue weighted by Gasteiger charge is 2.74. The third-order valence-electron chi connectivity index (χ3n) is 10.8. The quantitative estimate of drug-likeness (QED) is 0.287. The first-order valence-electron chi connectivity index (χ1n) is 14.5. The highest BCUT2D eigenvalue weighted by molar-refractivity contribution is 7.92. The number of sulfone groups is 1. The average molecular weight is 681 g/mol. The van der Waals surface area contributed by atoms with Gasteiger partial charge in [0.15, 0.2) is 9.84 Å².